The standard InChI is InChI=1S/C22H24FN3O3/c23-17-3-9-20(10-4-17)29-19-7-1-16(2-8-19)22(28)26-13-11-25(12-14-26)15-21(27)24-18-5-6-18/h1-4,7-10,18H,5-6,11-15H2,(H,24,27). The van der Waals surface area contributed by atoms with E-state index in [4.69, 9.17) is 4.74 Å². The molecule has 0 radical (unpaired) electrons. The molecule has 1 saturated carbocycles. The van der Waals surface area contributed by atoms with Gasteiger partial charge in [0.15, 0.2) is 0 Å². The van der Waals surface area contributed by atoms with Gasteiger partial charge in [-0.15, -0.1) is 0 Å². The molecule has 2 amide bonds. The zero-order valence-electron chi connectivity index (χ0n) is 16.1. The lowest BCUT2D eigenvalue weighted by Gasteiger charge is -2.34. The minimum atomic E-state index is -0.318. The first-order chi connectivity index (χ1) is 14.1. The first-order valence-corrected chi connectivity index (χ1v) is 9.91. The molecule has 7 heteroatoms. The summed E-state index contributed by atoms with van der Waals surface area (Å²) in [5, 5.41) is 2.99. The minimum Gasteiger partial charge on any atom is -0.457 e. The van der Waals surface area contributed by atoms with Crippen molar-refractivity contribution in [2.75, 3.05) is 32.7 Å². The van der Waals surface area contributed by atoms with Crippen LogP contribution in [0.2, 0.25) is 0 Å². The van der Waals surface area contributed by atoms with Crippen molar-refractivity contribution >= 4 is 11.8 Å². The van der Waals surface area contributed by atoms with E-state index in [1.54, 1.807) is 36.4 Å². The third-order valence-electron chi connectivity index (χ3n) is 5.12. The Labute approximate surface area is 169 Å². The van der Waals surface area contributed by atoms with Crippen molar-refractivity contribution in [1.82, 2.24) is 15.1 Å². The number of benzene rings is 2. The summed E-state index contributed by atoms with van der Waals surface area (Å²) in [6.45, 7) is 2.98. The van der Waals surface area contributed by atoms with Gasteiger partial charge in [0.1, 0.15) is 17.3 Å². The maximum Gasteiger partial charge on any atom is 0.253 e. The number of nitrogens with zero attached hydrogens (tertiary/aromatic N) is 2. The maximum absolute atomic E-state index is 13.0. The van der Waals surface area contributed by atoms with Crippen LogP contribution in [0.15, 0.2) is 48.5 Å². The number of halogens is 1. The van der Waals surface area contributed by atoms with Gasteiger partial charge in [-0.25, -0.2) is 4.39 Å². The van der Waals surface area contributed by atoms with Gasteiger partial charge in [0.2, 0.25) is 5.91 Å². The molecule has 29 heavy (non-hydrogen) atoms. The molecular weight excluding hydrogens is 373 g/mol. The first kappa shape index (κ1) is 19.4. The molecule has 2 aromatic rings. The predicted octanol–water partition coefficient (Wildman–Crippen LogP) is 2.65. The lowest BCUT2D eigenvalue weighted by Crippen LogP contribution is -2.51. The van der Waals surface area contributed by atoms with Crippen molar-refractivity contribution in [2.24, 2.45) is 0 Å². The van der Waals surface area contributed by atoms with Crippen molar-refractivity contribution in [3.8, 4) is 11.5 Å². The Morgan fingerprint density at radius 3 is 2.10 bits per heavy atom. The van der Waals surface area contributed by atoms with Gasteiger partial charge in [0.25, 0.3) is 5.91 Å². The fourth-order valence-electron chi connectivity index (χ4n) is 3.30. The molecule has 1 N–H and O–H groups in total. The Morgan fingerprint density at radius 2 is 1.52 bits per heavy atom. The Morgan fingerprint density at radius 1 is 0.931 bits per heavy atom. The van der Waals surface area contributed by atoms with E-state index >= 15 is 0 Å². The van der Waals surface area contributed by atoms with E-state index in [0.29, 0.717) is 55.8 Å². The molecule has 2 aliphatic rings. The molecule has 2 aromatic carbocycles. The second-order valence-corrected chi connectivity index (χ2v) is 7.49. The summed E-state index contributed by atoms with van der Waals surface area (Å²) in [4.78, 5) is 28.5. The summed E-state index contributed by atoms with van der Waals surface area (Å²) in [5.74, 6) is 0.846. The summed E-state index contributed by atoms with van der Waals surface area (Å²) >= 11 is 0. The van der Waals surface area contributed by atoms with E-state index in [9.17, 15) is 14.0 Å². The van der Waals surface area contributed by atoms with Crippen LogP contribution in [0.3, 0.4) is 0 Å². The second kappa shape index (κ2) is 8.61. The van der Waals surface area contributed by atoms with Gasteiger partial charge in [0, 0.05) is 37.8 Å². The van der Waals surface area contributed by atoms with E-state index in [1.807, 2.05) is 4.90 Å². The van der Waals surface area contributed by atoms with Crippen LogP contribution in [0.4, 0.5) is 4.39 Å². The summed E-state index contributed by atoms with van der Waals surface area (Å²) in [7, 11) is 0. The largest absolute Gasteiger partial charge is 0.457 e. The molecule has 1 aliphatic carbocycles. The average Bonchev–Trinajstić information content (AvgIpc) is 3.54. The molecule has 0 bridgehead atoms. The third-order valence-corrected chi connectivity index (χ3v) is 5.12. The third kappa shape index (κ3) is 5.32. The molecule has 1 aliphatic heterocycles. The Bertz CT molecular complexity index is 858. The van der Waals surface area contributed by atoms with Gasteiger partial charge in [-0.1, -0.05) is 0 Å². The van der Waals surface area contributed by atoms with Crippen LogP contribution in [0.25, 0.3) is 0 Å². The lowest BCUT2D eigenvalue weighted by molar-refractivity contribution is -0.122. The molecule has 0 unspecified atom stereocenters. The lowest BCUT2D eigenvalue weighted by atomic mass is 10.1. The Balaban J connectivity index is 1.27. The van der Waals surface area contributed by atoms with Crippen LogP contribution < -0.4 is 10.1 Å². The number of carbonyl (C=O) groups excluding carboxylic acids is 2. The summed E-state index contributed by atoms with van der Waals surface area (Å²) in [6, 6.07) is 13.1. The highest BCUT2D eigenvalue weighted by Gasteiger charge is 2.26. The molecule has 1 saturated heterocycles. The van der Waals surface area contributed by atoms with Crippen molar-refractivity contribution in [3.63, 3.8) is 0 Å². The van der Waals surface area contributed by atoms with Crippen LogP contribution >= 0.6 is 0 Å². The van der Waals surface area contributed by atoms with Crippen LogP contribution in [0.1, 0.15) is 23.2 Å². The molecule has 0 spiro atoms. The van der Waals surface area contributed by atoms with E-state index in [-0.39, 0.29) is 17.6 Å². The number of rotatable bonds is 6. The Hall–Kier alpha value is -2.93. The molecule has 0 aromatic heterocycles. The molecule has 2 fully saturated rings. The SMILES string of the molecule is O=C(CN1CCN(C(=O)c2ccc(Oc3ccc(F)cc3)cc2)CC1)NC1CC1. The van der Waals surface area contributed by atoms with E-state index in [1.165, 1.54) is 12.1 Å². The first-order valence-electron chi connectivity index (χ1n) is 9.91. The molecule has 152 valence electrons. The number of carbonyl (C=O) groups is 2. The number of hydrogen-bond donors (Lipinski definition) is 1. The van der Waals surface area contributed by atoms with E-state index < -0.39 is 0 Å². The zero-order chi connectivity index (χ0) is 20.2. The number of piperazine rings is 1. The van der Waals surface area contributed by atoms with Gasteiger partial charge in [-0.2, -0.15) is 0 Å². The molecule has 6 nitrogen and oxygen atoms in total. The normalized spacial score (nSPS) is 17.1. The maximum atomic E-state index is 13.0. The quantitative estimate of drug-likeness (QED) is 0.814. The highest BCUT2D eigenvalue weighted by atomic mass is 19.1. The van der Waals surface area contributed by atoms with Crippen LogP contribution in [-0.4, -0.2) is 60.4 Å². The van der Waals surface area contributed by atoms with Crippen molar-refractivity contribution < 1.29 is 18.7 Å². The fourth-order valence-corrected chi connectivity index (χ4v) is 3.30. The summed E-state index contributed by atoms with van der Waals surface area (Å²) in [6.07, 6.45) is 2.17. The molecule has 1 heterocycles. The topological polar surface area (TPSA) is 61.9 Å². The zero-order valence-corrected chi connectivity index (χ0v) is 16.1. The summed E-state index contributed by atoms with van der Waals surface area (Å²) in [5.41, 5.74) is 0.594. The highest BCUT2D eigenvalue weighted by Crippen LogP contribution is 2.22. The van der Waals surface area contributed by atoms with Gasteiger partial charge < -0.3 is 15.0 Å². The summed E-state index contributed by atoms with van der Waals surface area (Å²) < 4.78 is 18.6. The number of ether oxygens (including phenoxy) is 1. The fraction of sp³-hybridized carbons (Fsp3) is 0.364. The van der Waals surface area contributed by atoms with Crippen molar-refractivity contribution in [2.45, 2.75) is 18.9 Å². The van der Waals surface area contributed by atoms with Crippen molar-refractivity contribution in [1.29, 1.82) is 0 Å². The minimum absolute atomic E-state index is 0.0274. The Kier molecular flexibility index (Phi) is 5.76. The van der Waals surface area contributed by atoms with Gasteiger partial charge >= 0.3 is 0 Å². The average molecular weight is 397 g/mol. The smallest absolute Gasteiger partial charge is 0.253 e. The van der Waals surface area contributed by atoms with Gasteiger partial charge in [-0.05, 0) is 61.4 Å². The van der Waals surface area contributed by atoms with Crippen LogP contribution in [0, 0.1) is 5.82 Å². The van der Waals surface area contributed by atoms with Crippen LogP contribution in [0.5, 0.6) is 11.5 Å². The van der Waals surface area contributed by atoms with E-state index in [2.05, 4.69) is 10.2 Å². The number of amides is 2. The van der Waals surface area contributed by atoms with E-state index in [0.717, 1.165) is 12.8 Å². The van der Waals surface area contributed by atoms with Gasteiger partial charge in [-0.3, -0.25) is 14.5 Å². The monoisotopic (exact) mass is 397 g/mol. The van der Waals surface area contributed by atoms with Crippen LogP contribution in [-0.2, 0) is 4.79 Å². The molecule has 0 atom stereocenters. The van der Waals surface area contributed by atoms with Crippen molar-refractivity contribution in [3.05, 3.63) is 59.9 Å². The number of hydrogen-bond acceptors (Lipinski definition) is 4. The molecular formula is C22H24FN3O3. The predicted molar refractivity (Wildman–Crippen MR) is 106 cm³/mol. The number of nitrogens with one attached hydrogen (secondary N) is 1. The van der Waals surface area contributed by atoms with Gasteiger partial charge in [0.05, 0.1) is 6.54 Å². The highest BCUT2D eigenvalue weighted by molar-refractivity contribution is 5.94. The second-order valence-electron chi connectivity index (χ2n) is 7.49. The molecule has 4 rings (SSSR count).